The molecule has 4 atom stereocenters. The lowest BCUT2D eigenvalue weighted by molar-refractivity contribution is -0.122. The van der Waals surface area contributed by atoms with Crippen LogP contribution in [0.3, 0.4) is 0 Å². The number of amides is 1. The Hall–Kier alpha value is -0.585. The second kappa shape index (κ2) is 17.1. The first-order chi connectivity index (χ1) is 14.1. The summed E-state index contributed by atoms with van der Waals surface area (Å²) in [7, 11) is 5.32. The summed E-state index contributed by atoms with van der Waals surface area (Å²) in [6.07, 6.45) is 17.4. The zero-order valence-electron chi connectivity index (χ0n) is 19.5. The van der Waals surface area contributed by atoms with Crippen LogP contribution in [-0.2, 0) is 19.0 Å². The molecule has 0 aromatic heterocycles. The lowest BCUT2D eigenvalue weighted by atomic mass is 9.93. The SMILES string of the molecule is B[C@@H]1O[C@H](CNC(=O)CCCCCCCCCCCCCCC)C(OC)C1OC. The van der Waals surface area contributed by atoms with Crippen molar-refractivity contribution in [3.63, 3.8) is 0 Å². The van der Waals surface area contributed by atoms with Gasteiger partial charge in [0, 0.05) is 27.2 Å². The summed E-state index contributed by atoms with van der Waals surface area (Å²) < 4.78 is 16.8. The molecule has 1 amide bonds. The number of carbonyl (C=O) groups is 1. The van der Waals surface area contributed by atoms with Gasteiger partial charge in [0.05, 0.1) is 6.00 Å². The first-order valence-corrected chi connectivity index (χ1v) is 12.1. The van der Waals surface area contributed by atoms with Gasteiger partial charge >= 0.3 is 0 Å². The molecule has 2 unspecified atom stereocenters. The maximum Gasteiger partial charge on any atom is 0.220 e. The first-order valence-electron chi connectivity index (χ1n) is 12.1. The van der Waals surface area contributed by atoms with Gasteiger partial charge in [-0.1, -0.05) is 84.0 Å². The van der Waals surface area contributed by atoms with Crippen LogP contribution in [0.2, 0.25) is 0 Å². The largest absolute Gasteiger partial charge is 0.377 e. The van der Waals surface area contributed by atoms with Crippen LogP contribution in [0, 0.1) is 0 Å². The Kier molecular flexibility index (Phi) is 15.6. The van der Waals surface area contributed by atoms with Crippen LogP contribution < -0.4 is 5.32 Å². The molecule has 0 radical (unpaired) electrons. The highest BCUT2D eigenvalue weighted by Gasteiger charge is 2.42. The van der Waals surface area contributed by atoms with E-state index in [1.807, 2.05) is 7.85 Å². The van der Waals surface area contributed by atoms with E-state index in [-0.39, 0.29) is 30.2 Å². The minimum Gasteiger partial charge on any atom is -0.377 e. The van der Waals surface area contributed by atoms with E-state index >= 15 is 0 Å². The molecule has 1 heterocycles. The Balaban J connectivity index is 1.93. The maximum absolute atomic E-state index is 12.1. The highest BCUT2D eigenvalue weighted by molar-refractivity contribution is 6.11. The molecule has 6 heteroatoms. The van der Waals surface area contributed by atoms with Crippen molar-refractivity contribution < 1.29 is 19.0 Å². The van der Waals surface area contributed by atoms with E-state index in [0.29, 0.717) is 13.0 Å². The summed E-state index contributed by atoms with van der Waals surface area (Å²) in [4.78, 5) is 12.1. The van der Waals surface area contributed by atoms with Crippen LogP contribution in [0.5, 0.6) is 0 Å². The summed E-state index contributed by atoms with van der Waals surface area (Å²) in [6, 6.07) is -0.0205. The van der Waals surface area contributed by atoms with Crippen molar-refractivity contribution in [3.05, 3.63) is 0 Å². The maximum atomic E-state index is 12.1. The zero-order valence-corrected chi connectivity index (χ0v) is 19.5. The first kappa shape index (κ1) is 26.5. The standard InChI is InChI=1S/C23H46BNO4/c1-4-5-6-7-8-9-10-11-12-13-14-15-16-17-20(26)25-18-19-21(27-2)22(28-3)23(24)29-19/h19,21-23H,4-18,24H2,1-3H3,(H,25,26)/t19-,21?,22?,23-/m1/s1. The van der Waals surface area contributed by atoms with E-state index in [0.717, 1.165) is 12.8 Å². The Bertz CT molecular complexity index is 410. The fourth-order valence-electron chi connectivity index (χ4n) is 4.29. The quantitative estimate of drug-likeness (QED) is 0.274. The normalized spacial score (nSPS) is 24.1. The van der Waals surface area contributed by atoms with Crippen molar-refractivity contribution in [1.29, 1.82) is 0 Å². The molecular formula is C23H46BNO4. The van der Waals surface area contributed by atoms with Gasteiger partial charge in [0.1, 0.15) is 26.2 Å². The van der Waals surface area contributed by atoms with Crippen LogP contribution in [0.1, 0.15) is 96.8 Å². The van der Waals surface area contributed by atoms with Gasteiger partial charge in [0.2, 0.25) is 5.91 Å². The minimum absolute atomic E-state index is 0.0205. The predicted molar refractivity (Wildman–Crippen MR) is 122 cm³/mol. The van der Waals surface area contributed by atoms with E-state index in [9.17, 15) is 4.79 Å². The van der Waals surface area contributed by atoms with Crippen molar-refractivity contribution in [2.75, 3.05) is 20.8 Å². The summed E-state index contributed by atoms with van der Waals surface area (Å²) in [5, 5.41) is 3.00. The summed E-state index contributed by atoms with van der Waals surface area (Å²) in [5.74, 6) is 0.111. The Morgan fingerprint density at radius 1 is 0.828 bits per heavy atom. The van der Waals surface area contributed by atoms with Crippen molar-refractivity contribution >= 4 is 13.8 Å². The number of nitrogens with one attached hydrogen (secondary N) is 1. The second-order valence-corrected chi connectivity index (χ2v) is 8.58. The number of hydrogen-bond acceptors (Lipinski definition) is 4. The molecule has 29 heavy (non-hydrogen) atoms. The van der Waals surface area contributed by atoms with Crippen LogP contribution in [-0.4, -0.2) is 58.8 Å². The third-order valence-corrected chi connectivity index (χ3v) is 6.09. The third kappa shape index (κ3) is 11.4. The third-order valence-electron chi connectivity index (χ3n) is 6.09. The van der Waals surface area contributed by atoms with Crippen molar-refractivity contribution in [2.24, 2.45) is 0 Å². The van der Waals surface area contributed by atoms with Gasteiger partial charge < -0.3 is 19.5 Å². The topological polar surface area (TPSA) is 56.8 Å². The molecule has 1 aliphatic rings. The zero-order chi connectivity index (χ0) is 21.3. The van der Waals surface area contributed by atoms with Crippen molar-refractivity contribution in [1.82, 2.24) is 5.32 Å². The monoisotopic (exact) mass is 411 g/mol. The minimum atomic E-state index is -0.143. The van der Waals surface area contributed by atoms with Gasteiger partial charge in [-0.3, -0.25) is 4.79 Å². The number of unbranched alkanes of at least 4 members (excludes halogenated alkanes) is 12. The van der Waals surface area contributed by atoms with Gasteiger partial charge in [0.25, 0.3) is 0 Å². The molecule has 170 valence electrons. The Morgan fingerprint density at radius 2 is 1.31 bits per heavy atom. The van der Waals surface area contributed by atoms with Gasteiger partial charge in [-0.15, -0.1) is 0 Å². The van der Waals surface area contributed by atoms with E-state index in [2.05, 4.69) is 12.2 Å². The van der Waals surface area contributed by atoms with Gasteiger partial charge in [-0.25, -0.2) is 0 Å². The molecule has 1 rings (SSSR count). The Morgan fingerprint density at radius 3 is 1.79 bits per heavy atom. The molecule has 1 aliphatic heterocycles. The lowest BCUT2D eigenvalue weighted by Crippen LogP contribution is -2.41. The van der Waals surface area contributed by atoms with Gasteiger partial charge in [0.15, 0.2) is 0 Å². The van der Waals surface area contributed by atoms with E-state index in [1.54, 1.807) is 14.2 Å². The van der Waals surface area contributed by atoms with E-state index in [1.165, 1.54) is 70.6 Å². The molecule has 0 spiro atoms. The molecular weight excluding hydrogens is 365 g/mol. The van der Waals surface area contributed by atoms with Crippen molar-refractivity contribution in [2.45, 2.75) is 121 Å². The van der Waals surface area contributed by atoms with Gasteiger partial charge in [-0.2, -0.15) is 0 Å². The number of rotatable bonds is 18. The van der Waals surface area contributed by atoms with E-state index < -0.39 is 0 Å². The van der Waals surface area contributed by atoms with Crippen LogP contribution in [0.25, 0.3) is 0 Å². The van der Waals surface area contributed by atoms with E-state index in [4.69, 9.17) is 14.2 Å². The number of carbonyl (C=O) groups excluding carboxylic acids is 1. The molecule has 0 saturated carbocycles. The van der Waals surface area contributed by atoms with Crippen LogP contribution >= 0.6 is 0 Å². The molecule has 5 nitrogen and oxygen atoms in total. The van der Waals surface area contributed by atoms with Gasteiger partial charge in [-0.05, 0) is 6.42 Å². The molecule has 0 aromatic carbocycles. The summed E-state index contributed by atoms with van der Waals surface area (Å²) in [5.41, 5.74) is 0. The molecule has 0 aliphatic carbocycles. The average Bonchev–Trinajstić information content (AvgIpc) is 3.04. The molecule has 0 bridgehead atoms. The number of ether oxygens (including phenoxy) is 3. The average molecular weight is 411 g/mol. The molecule has 1 saturated heterocycles. The lowest BCUT2D eigenvalue weighted by Gasteiger charge is -2.21. The Labute approximate surface area is 180 Å². The smallest absolute Gasteiger partial charge is 0.220 e. The fraction of sp³-hybridized carbons (Fsp3) is 0.957. The van der Waals surface area contributed by atoms with Crippen molar-refractivity contribution in [3.8, 4) is 0 Å². The molecule has 0 aromatic rings. The second-order valence-electron chi connectivity index (χ2n) is 8.58. The molecule has 1 N–H and O–H groups in total. The van der Waals surface area contributed by atoms with Crippen LogP contribution in [0.15, 0.2) is 0 Å². The highest BCUT2D eigenvalue weighted by atomic mass is 16.6. The number of methoxy groups -OCH3 is 2. The van der Waals surface area contributed by atoms with Crippen LogP contribution in [0.4, 0.5) is 0 Å². The summed E-state index contributed by atoms with van der Waals surface area (Å²) in [6.45, 7) is 2.76. The fourth-order valence-corrected chi connectivity index (χ4v) is 4.29. The summed E-state index contributed by atoms with van der Waals surface area (Å²) >= 11 is 0. The number of hydrogen-bond donors (Lipinski definition) is 1. The molecule has 1 fully saturated rings. The highest BCUT2D eigenvalue weighted by Crippen LogP contribution is 2.23. The predicted octanol–water partition coefficient (Wildman–Crippen LogP) is 3.97.